The van der Waals surface area contributed by atoms with Crippen LogP contribution in [0.25, 0.3) is 11.1 Å². The highest BCUT2D eigenvalue weighted by atomic mass is 35.5. The molecule has 3 N–H and O–H groups in total. The molecule has 164 valence electrons. The van der Waals surface area contributed by atoms with Crippen LogP contribution in [0.5, 0.6) is 5.75 Å². The molecule has 0 aliphatic rings. The van der Waals surface area contributed by atoms with E-state index in [4.69, 9.17) is 22.1 Å². The second-order valence-corrected chi connectivity index (χ2v) is 7.73. The molecule has 3 atom stereocenters. The number of halogens is 3. The van der Waals surface area contributed by atoms with Crippen LogP contribution in [0.1, 0.15) is 50.5 Å². The van der Waals surface area contributed by atoms with Gasteiger partial charge in [-0.2, -0.15) is 0 Å². The third-order valence-electron chi connectivity index (χ3n) is 5.19. The van der Waals surface area contributed by atoms with Crippen LogP contribution in [-0.4, -0.2) is 21.2 Å². The molecule has 0 saturated heterocycles. The van der Waals surface area contributed by atoms with Crippen LogP contribution >= 0.6 is 11.6 Å². The van der Waals surface area contributed by atoms with Gasteiger partial charge in [0.15, 0.2) is 11.6 Å². The first-order valence-electron chi connectivity index (χ1n) is 9.92. The van der Waals surface area contributed by atoms with E-state index in [1.807, 2.05) is 19.1 Å². The fourth-order valence-electron chi connectivity index (χ4n) is 3.46. The minimum atomic E-state index is -0.903. The zero-order chi connectivity index (χ0) is 22.7. The van der Waals surface area contributed by atoms with Gasteiger partial charge in [0.2, 0.25) is 0 Å². The highest BCUT2D eigenvalue weighted by molar-refractivity contribution is 6.31. The molecule has 3 unspecified atom stereocenters. The second-order valence-electron chi connectivity index (χ2n) is 7.35. The lowest BCUT2D eigenvalue weighted by Crippen LogP contribution is -2.14. The Kier molecular flexibility index (Phi) is 7.08. The first kappa shape index (κ1) is 22.9. The molecule has 0 saturated carbocycles. The van der Waals surface area contributed by atoms with Crippen LogP contribution in [0, 0.1) is 11.6 Å². The Labute approximate surface area is 184 Å². The molecule has 2 aromatic heterocycles. The first-order valence-corrected chi connectivity index (χ1v) is 10.3. The van der Waals surface area contributed by atoms with Gasteiger partial charge < -0.3 is 15.6 Å². The maximum Gasteiger partial charge on any atom is 0.166 e. The van der Waals surface area contributed by atoms with Gasteiger partial charge in [-0.1, -0.05) is 24.6 Å². The molecule has 2 heterocycles. The normalized spacial score (nSPS) is 14.2. The molecule has 3 rings (SSSR count). The summed E-state index contributed by atoms with van der Waals surface area (Å²) in [6.45, 7) is 5.29. The summed E-state index contributed by atoms with van der Waals surface area (Å²) >= 11 is 5.93. The van der Waals surface area contributed by atoms with E-state index in [-0.39, 0.29) is 28.1 Å². The van der Waals surface area contributed by atoms with Crippen molar-refractivity contribution in [3.63, 3.8) is 0 Å². The molecule has 8 heteroatoms. The number of nitrogen functional groups attached to an aromatic ring is 1. The van der Waals surface area contributed by atoms with E-state index in [2.05, 4.69) is 9.97 Å². The van der Waals surface area contributed by atoms with Crippen LogP contribution in [0.4, 0.5) is 14.6 Å². The Hall–Kier alpha value is -2.77. The molecule has 31 heavy (non-hydrogen) atoms. The number of pyridine rings is 2. The quantitative estimate of drug-likeness (QED) is 0.456. The van der Waals surface area contributed by atoms with Gasteiger partial charge in [-0.15, -0.1) is 0 Å². The van der Waals surface area contributed by atoms with E-state index in [0.29, 0.717) is 5.56 Å². The summed E-state index contributed by atoms with van der Waals surface area (Å²) in [6, 6.07) is 7.35. The summed E-state index contributed by atoms with van der Waals surface area (Å²) < 4.78 is 33.8. The van der Waals surface area contributed by atoms with Gasteiger partial charge in [0.05, 0.1) is 11.1 Å². The van der Waals surface area contributed by atoms with Crippen molar-refractivity contribution in [2.45, 2.75) is 45.3 Å². The van der Waals surface area contributed by atoms with Gasteiger partial charge in [0, 0.05) is 40.7 Å². The number of hydrogen-bond donors (Lipinski definition) is 2. The fourth-order valence-corrected chi connectivity index (χ4v) is 3.77. The molecule has 0 amide bonds. The predicted octanol–water partition coefficient (Wildman–Crippen LogP) is 5.67. The number of rotatable bonds is 7. The van der Waals surface area contributed by atoms with Crippen LogP contribution in [0.3, 0.4) is 0 Å². The number of nitrogens with zero attached hydrogens (tertiary/aromatic N) is 2. The number of aliphatic hydroxyl groups is 1. The number of nitrogens with two attached hydrogens (primary N) is 1. The van der Waals surface area contributed by atoms with Gasteiger partial charge in [0.1, 0.15) is 17.7 Å². The van der Waals surface area contributed by atoms with Crippen molar-refractivity contribution in [2.24, 2.45) is 0 Å². The Morgan fingerprint density at radius 3 is 2.35 bits per heavy atom. The SMILES string of the molecule is CCC(c1ccc(-c2cnc(N)c(OC(C)c3c(F)ccc(F)c3Cl)c2)cn1)C(C)O. The van der Waals surface area contributed by atoms with E-state index >= 15 is 0 Å². The van der Waals surface area contributed by atoms with Crippen molar-refractivity contribution in [1.29, 1.82) is 0 Å². The molecule has 0 bridgehead atoms. The standard InChI is InChI=1S/C23H24ClF2N3O2/c1-4-16(12(2)30)19-8-5-14(10-28-19)15-9-20(23(27)29-11-15)31-13(3)21-17(25)6-7-18(26)22(21)24/h5-13,16,30H,4H2,1-3H3,(H2,27,29). The summed E-state index contributed by atoms with van der Waals surface area (Å²) in [4.78, 5) is 8.62. The number of aliphatic hydroxyl groups excluding tert-OH is 1. The van der Waals surface area contributed by atoms with Gasteiger partial charge in [0.25, 0.3) is 0 Å². The number of hydrogen-bond acceptors (Lipinski definition) is 5. The van der Waals surface area contributed by atoms with E-state index in [0.717, 1.165) is 29.8 Å². The van der Waals surface area contributed by atoms with Crippen LogP contribution in [0.15, 0.2) is 42.7 Å². The third-order valence-corrected chi connectivity index (χ3v) is 5.58. The van der Waals surface area contributed by atoms with Crippen molar-refractivity contribution >= 4 is 17.4 Å². The Balaban J connectivity index is 1.88. The predicted molar refractivity (Wildman–Crippen MR) is 117 cm³/mol. The summed E-state index contributed by atoms with van der Waals surface area (Å²) in [7, 11) is 0. The Morgan fingerprint density at radius 1 is 1.06 bits per heavy atom. The number of aromatic nitrogens is 2. The van der Waals surface area contributed by atoms with Crippen molar-refractivity contribution in [3.05, 3.63) is 70.6 Å². The van der Waals surface area contributed by atoms with E-state index in [1.54, 1.807) is 32.3 Å². The van der Waals surface area contributed by atoms with E-state index in [1.165, 1.54) is 0 Å². The number of anilines is 1. The Morgan fingerprint density at radius 2 is 1.74 bits per heavy atom. The molecule has 0 radical (unpaired) electrons. The zero-order valence-electron chi connectivity index (χ0n) is 17.4. The van der Waals surface area contributed by atoms with Gasteiger partial charge >= 0.3 is 0 Å². The zero-order valence-corrected chi connectivity index (χ0v) is 18.2. The molecular weight excluding hydrogens is 424 g/mol. The monoisotopic (exact) mass is 447 g/mol. The summed E-state index contributed by atoms with van der Waals surface area (Å²) in [5.74, 6) is -1.14. The van der Waals surface area contributed by atoms with Crippen molar-refractivity contribution < 1.29 is 18.6 Å². The lowest BCUT2D eigenvalue weighted by atomic mass is 9.95. The number of benzene rings is 1. The first-order chi connectivity index (χ1) is 14.7. The van der Waals surface area contributed by atoms with Crippen molar-refractivity contribution in [1.82, 2.24) is 9.97 Å². The topological polar surface area (TPSA) is 81.3 Å². The minimum absolute atomic E-state index is 0.0516. The van der Waals surface area contributed by atoms with Gasteiger partial charge in [-0.25, -0.2) is 13.8 Å². The van der Waals surface area contributed by atoms with Gasteiger partial charge in [-0.3, -0.25) is 4.98 Å². The minimum Gasteiger partial charge on any atom is -0.482 e. The highest BCUT2D eigenvalue weighted by Crippen LogP contribution is 2.35. The van der Waals surface area contributed by atoms with E-state index in [9.17, 15) is 13.9 Å². The van der Waals surface area contributed by atoms with Crippen LogP contribution < -0.4 is 10.5 Å². The molecule has 0 spiro atoms. The molecule has 0 fully saturated rings. The summed E-state index contributed by atoms with van der Waals surface area (Å²) in [6.07, 6.45) is 2.62. The summed E-state index contributed by atoms with van der Waals surface area (Å²) in [5, 5.41) is 9.58. The third kappa shape index (κ3) is 4.94. The summed E-state index contributed by atoms with van der Waals surface area (Å²) in [5.41, 5.74) is 8.09. The lowest BCUT2D eigenvalue weighted by Gasteiger charge is -2.19. The maximum atomic E-state index is 14.2. The highest BCUT2D eigenvalue weighted by Gasteiger charge is 2.21. The largest absolute Gasteiger partial charge is 0.482 e. The van der Waals surface area contributed by atoms with Crippen LogP contribution in [-0.2, 0) is 0 Å². The van der Waals surface area contributed by atoms with Crippen molar-refractivity contribution in [2.75, 3.05) is 5.73 Å². The van der Waals surface area contributed by atoms with Crippen molar-refractivity contribution in [3.8, 4) is 16.9 Å². The molecule has 0 aliphatic carbocycles. The average Bonchev–Trinajstić information content (AvgIpc) is 2.73. The number of ether oxygens (including phenoxy) is 1. The molecule has 1 aromatic carbocycles. The average molecular weight is 448 g/mol. The second kappa shape index (κ2) is 9.58. The van der Waals surface area contributed by atoms with Gasteiger partial charge in [-0.05, 0) is 44.5 Å². The molecule has 0 aliphatic heterocycles. The van der Waals surface area contributed by atoms with Crippen LogP contribution in [0.2, 0.25) is 5.02 Å². The maximum absolute atomic E-state index is 14.2. The molecule has 3 aromatic rings. The molecular formula is C23H24ClF2N3O2. The molecule has 5 nitrogen and oxygen atoms in total. The fraction of sp³-hybridized carbons (Fsp3) is 0.304. The lowest BCUT2D eigenvalue weighted by molar-refractivity contribution is 0.158. The Bertz CT molecular complexity index is 1060. The van der Waals surface area contributed by atoms with E-state index < -0.39 is 23.8 Å². The smallest absolute Gasteiger partial charge is 0.166 e.